The number of carbonyl (C=O) groups is 1. The van der Waals surface area contributed by atoms with E-state index in [1.165, 1.54) is 24.5 Å². The molecule has 0 fully saturated rings. The molecule has 0 aromatic heterocycles. The summed E-state index contributed by atoms with van der Waals surface area (Å²) >= 11 is 0. The molecule has 0 spiro atoms. The molecule has 1 aliphatic rings. The molecule has 1 aliphatic carbocycles. The third-order valence-corrected chi connectivity index (χ3v) is 5.81. The van der Waals surface area contributed by atoms with Crippen LogP contribution in [0.15, 0.2) is 35.2 Å². The molecule has 0 bridgehead atoms. The van der Waals surface area contributed by atoms with Gasteiger partial charge >= 0.3 is 0 Å². The minimum absolute atomic E-state index is 0.0415. The van der Waals surface area contributed by atoms with Crippen molar-refractivity contribution >= 4 is 21.6 Å². The zero-order valence-corrected chi connectivity index (χ0v) is 14.0. The van der Waals surface area contributed by atoms with Crippen molar-refractivity contribution in [2.24, 2.45) is 5.92 Å². The number of sulfonamides is 1. The Balaban J connectivity index is 2.23. The smallest absolute Gasteiger partial charge is 0.242 e. The second-order valence-corrected chi connectivity index (χ2v) is 7.86. The van der Waals surface area contributed by atoms with Gasteiger partial charge in [0.1, 0.15) is 0 Å². The fraction of sp³-hybridized carbons (Fsp3) is 0.438. The van der Waals surface area contributed by atoms with Crippen LogP contribution < -0.4 is 5.32 Å². The third-order valence-electron chi connectivity index (χ3n) is 3.85. The number of nitrogens with zero attached hydrogens (tertiary/aromatic N) is 1. The molecule has 0 heterocycles. The molecule has 1 aromatic carbocycles. The molecular weight excluding hydrogens is 300 g/mol. The van der Waals surface area contributed by atoms with Gasteiger partial charge < -0.3 is 5.32 Å². The second-order valence-electron chi connectivity index (χ2n) is 5.74. The Morgan fingerprint density at radius 3 is 2.59 bits per heavy atom. The van der Waals surface area contributed by atoms with Gasteiger partial charge in [0.2, 0.25) is 15.9 Å². The lowest BCUT2D eigenvalue weighted by Crippen LogP contribution is -2.25. The molecule has 6 heteroatoms. The maximum atomic E-state index is 12.3. The number of nitrogens with one attached hydrogen (secondary N) is 1. The number of carbonyl (C=O) groups excluding carboxylic acids is 1. The quantitative estimate of drug-likeness (QED) is 0.866. The van der Waals surface area contributed by atoms with Crippen molar-refractivity contribution in [3.63, 3.8) is 0 Å². The highest BCUT2D eigenvalue weighted by molar-refractivity contribution is 7.89. The summed E-state index contributed by atoms with van der Waals surface area (Å²) < 4.78 is 25.8. The van der Waals surface area contributed by atoms with Gasteiger partial charge in [-0.3, -0.25) is 4.79 Å². The first-order valence-electron chi connectivity index (χ1n) is 7.31. The maximum absolute atomic E-state index is 12.3. The normalized spacial score (nSPS) is 18.5. The third kappa shape index (κ3) is 3.56. The van der Waals surface area contributed by atoms with Gasteiger partial charge in [-0.05, 0) is 43.9 Å². The molecule has 0 saturated carbocycles. The van der Waals surface area contributed by atoms with E-state index in [1.54, 1.807) is 19.1 Å². The van der Waals surface area contributed by atoms with Crippen LogP contribution in [0.1, 0.15) is 24.8 Å². The number of benzene rings is 1. The monoisotopic (exact) mass is 322 g/mol. The lowest BCUT2D eigenvalue weighted by atomic mass is 9.93. The first-order valence-corrected chi connectivity index (χ1v) is 8.75. The second kappa shape index (κ2) is 6.62. The van der Waals surface area contributed by atoms with Crippen LogP contribution in [-0.4, -0.2) is 32.7 Å². The predicted octanol–water partition coefficient (Wildman–Crippen LogP) is 2.54. The number of allylic oxidation sites excluding steroid dienone is 2. The van der Waals surface area contributed by atoms with Gasteiger partial charge in [-0.25, -0.2) is 12.7 Å². The standard InChI is InChI=1S/C16H22N2O3S/c1-12-9-10-14(11-15(12)22(20,21)18(2)3)17-16(19)13-7-5-4-6-8-13/h4-5,9-11,13H,6-8H2,1-3H3,(H,17,19)/t13-/m1/s1. The Hall–Kier alpha value is -1.66. The van der Waals surface area contributed by atoms with Gasteiger partial charge in [0.05, 0.1) is 4.90 Å². The zero-order valence-electron chi connectivity index (χ0n) is 13.2. The van der Waals surface area contributed by atoms with Crippen molar-refractivity contribution in [1.29, 1.82) is 0 Å². The summed E-state index contributed by atoms with van der Waals surface area (Å²) in [6.07, 6.45) is 6.58. The molecule has 0 aliphatic heterocycles. The average molecular weight is 322 g/mol. The van der Waals surface area contributed by atoms with E-state index in [-0.39, 0.29) is 16.7 Å². The highest BCUT2D eigenvalue weighted by Crippen LogP contribution is 2.24. The van der Waals surface area contributed by atoms with Crippen molar-refractivity contribution in [3.05, 3.63) is 35.9 Å². The molecular formula is C16H22N2O3S. The van der Waals surface area contributed by atoms with Crippen LogP contribution >= 0.6 is 0 Å². The van der Waals surface area contributed by atoms with Crippen LogP contribution in [0.2, 0.25) is 0 Å². The molecule has 5 nitrogen and oxygen atoms in total. The molecule has 0 saturated heterocycles. The number of anilines is 1. The Labute approximate surface area is 132 Å². The van der Waals surface area contributed by atoms with Crippen molar-refractivity contribution in [2.45, 2.75) is 31.1 Å². The van der Waals surface area contributed by atoms with Gasteiger partial charge in [0.25, 0.3) is 0 Å². The average Bonchev–Trinajstić information content (AvgIpc) is 2.49. The lowest BCUT2D eigenvalue weighted by Gasteiger charge is -2.18. The van der Waals surface area contributed by atoms with Gasteiger partial charge in [-0.1, -0.05) is 18.2 Å². The maximum Gasteiger partial charge on any atom is 0.242 e. The number of hydrogen-bond acceptors (Lipinski definition) is 3. The Bertz CT molecular complexity index is 693. The summed E-state index contributed by atoms with van der Waals surface area (Å²) in [5, 5.41) is 2.83. The summed E-state index contributed by atoms with van der Waals surface area (Å²) in [7, 11) is -0.531. The van der Waals surface area contributed by atoms with E-state index >= 15 is 0 Å². The molecule has 1 N–H and O–H groups in total. The van der Waals surface area contributed by atoms with Crippen LogP contribution in [0, 0.1) is 12.8 Å². The SMILES string of the molecule is Cc1ccc(NC(=O)[C@@H]2CC=CCC2)cc1S(=O)(=O)N(C)C. The predicted molar refractivity (Wildman–Crippen MR) is 87.2 cm³/mol. The van der Waals surface area contributed by atoms with Gasteiger partial charge in [0.15, 0.2) is 0 Å². The van der Waals surface area contributed by atoms with Gasteiger partial charge in [0, 0.05) is 25.7 Å². The number of hydrogen-bond donors (Lipinski definition) is 1. The van der Waals surface area contributed by atoms with E-state index in [4.69, 9.17) is 0 Å². The molecule has 1 aromatic rings. The zero-order chi connectivity index (χ0) is 16.3. The molecule has 0 unspecified atom stereocenters. The largest absolute Gasteiger partial charge is 0.326 e. The number of amides is 1. The van der Waals surface area contributed by atoms with Crippen molar-refractivity contribution in [2.75, 3.05) is 19.4 Å². The molecule has 120 valence electrons. The first kappa shape index (κ1) is 16.7. The van der Waals surface area contributed by atoms with Crippen molar-refractivity contribution in [3.8, 4) is 0 Å². The fourth-order valence-corrected chi connectivity index (χ4v) is 3.57. The molecule has 0 radical (unpaired) electrons. The molecule has 22 heavy (non-hydrogen) atoms. The van der Waals surface area contributed by atoms with E-state index < -0.39 is 10.0 Å². The van der Waals surface area contributed by atoms with Crippen LogP contribution in [0.3, 0.4) is 0 Å². The summed E-state index contributed by atoms with van der Waals surface area (Å²) in [5.41, 5.74) is 1.18. The Kier molecular flexibility index (Phi) is 5.03. The first-order chi connectivity index (χ1) is 10.3. The van der Waals surface area contributed by atoms with Crippen LogP contribution in [-0.2, 0) is 14.8 Å². The minimum Gasteiger partial charge on any atom is -0.326 e. The fourth-order valence-electron chi connectivity index (χ4n) is 2.43. The summed E-state index contributed by atoms with van der Waals surface area (Å²) in [6.45, 7) is 1.74. The molecule has 1 amide bonds. The van der Waals surface area contributed by atoms with E-state index in [9.17, 15) is 13.2 Å². The number of aryl methyl sites for hydroxylation is 1. The van der Waals surface area contributed by atoms with Crippen LogP contribution in [0.5, 0.6) is 0 Å². The van der Waals surface area contributed by atoms with E-state index in [2.05, 4.69) is 11.4 Å². The molecule has 2 rings (SSSR count). The highest BCUT2D eigenvalue weighted by Gasteiger charge is 2.22. The van der Waals surface area contributed by atoms with Crippen molar-refractivity contribution < 1.29 is 13.2 Å². The van der Waals surface area contributed by atoms with E-state index in [0.29, 0.717) is 11.3 Å². The van der Waals surface area contributed by atoms with Crippen LogP contribution in [0.25, 0.3) is 0 Å². The Morgan fingerprint density at radius 1 is 1.27 bits per heavy atom. The van der Waals surface area contributed by atoms with Gasteiger partial charge in [-0.15, -0.1) is 0 Å². The van der Waals surface area contributed by atoms with Crippen molar-refractivity contribution in [1.82, 2.24) is 4.31 Å². The summed E-state index contributed by atoms with van der Waals surface area (Å²) in [6, 6.07) is 4.98. The van der Waals surface area contributed by atoms with E-state index in [1.807, 2.05) is 6.08 Å². The lowest BCUT2D eigenvalue weighted by molar-refractivity contribution is -0.120. The Morgan fingerprint density at radius 2 is 2.00 bits per heavy atom. The highest BCUT2D eigenvalue weighted by atomic mass is 32.2. The van der Waals surface area contributed by atoms with E-state index in [0.717, 1.165) is 19.3 Å². The minimum atomic E-state index is -3.52. The van der Waals surface area contributed by atoms with Crippen LogP contribution in [0.4, 0.5) is 5.69 Å². The summed E-state index contributed by atoms with van der Waals surface area (Å²) in [5.74, 6) is -0.0957. The van der Waals surface area contributed by atoms with Gasteiger partial charge in [-0.2, -0.15) is 0 Å². The summed E-state index contributed by atoms with van der Waals surface area (Å²) in [4.78, 5) is 12.5. The molecule has 1 atom stereocenters. The number of rotatable bonds is 4. The topological polar surface area (TPSA) is 66.5 Å².